The summed E-state index contributed by atoms with van der Waals surface area (Å²) in [5.74, 6) is 1.09. The van der Waals surface area contributed by atoms with Crippen LogP contribution in [0.1, 0.15) is 24.1 Å². The van der Waals surface area contributed by atoms with E-state index in [9.17, 15) is 5.11 Å². The number of hydrogen-bond acceptors (Lipinski definition) is 7. The minimum Gasteiger partial charge on any atom is -0.395 e. The Labute approximate surface area is 152 Å². The normalized spacial score (nSPS) is 26.0. The number of likely N-dealkylation sites (tertiary alicyclic amines) is 1. The molecule has 2 aromatic rings. The van der Waals surface area contributed by atoms with Crippen LogP contribution in [0.4, 0.5) is 5.82 Å². The van der Waals surface area contributed by atoms with Crippen molar-refractivity contribution >= 4 is 27.4 Å². The first-order valence-electron chi connectivity index (χ1n) is 9.17. The van der Waals surface area contributed by atoms with Crippen molar-refractivity contribution in [2.75, 3.05) is 38.2 Å². The Hall–Kier alpha value is -1.28. The van der Waals surface area contributed by atoms with Crippen LogP contribution in [-0.4, -0.2) is 71.4 Å². The first kappa shape index (κ1) is 17.1. The van der Waals surface area contributed by atoms with Crippen molar-refractivity contribution in [3.8, 4) is 0 Å². The van der Waals surface area contributed by atoms with E-state index in [1.807, 2.05) is 0 Å². The van der Waals surface area contributed by atoms with Crippen LogP contribution in [0.15, 0.2) is 12.4 Å². The first-order valence-corrected chi connectivity index (χ1v) is 9.99. The lowest BCUT2D eigenvalue weighted by Gasteiger charge is -2.34. The van der Waals surface area contributed by atoms with Crippen molar-refractivity contribution in [3.63, 3.8) is 0 Å². The zero-order valence-corrected chi connectivity index (χ0v) is 15.8. The van der Waals surface area contributed by atoms with Crippen LogP contribution in [0, 0.1) is 6.92 Å². The number of piperidine rings is 1. The van der Waals surface area contributed by atoms with E-state index < -0.39 is 0 Å². The average Bonchev–Trinajstić information content (AvgIpc) is 3.16. The zero-order valence-electron chi connectivity index (χ0n) is 15.0. The highest BCUT2D eigenvalue weighted by atomic mass is 32.1. The molecule has 6 nitrogen and oxygen atoms in total. The number of hydrogen-bond donors (Lipinski definition) is 2. The molecule has 0 aromatic carbocycles. The van der Waals surface area contributed by atoms with Gasteiger partial charge in [0.15, 0.2) is 0 Å². The fraction of sp³-hybridized carbons (Fsp3) is 0.667. The maximum absolute atomic E-state index is 9.42. The third-order valence-electron chi connectivity index (χ3n) is 5.60. The molecule has 0 bridgehead atoms. The maximum Gasteiger partial charge on any atom is 0.140 e. The number of aromatic nitrogens is 2. The van der Waals surface area contributed by atoms with Crippen LogP contribution in [0.5, 0.6) is 0 Å². The molecule has 0 spiro atoms. The Morgan fingerprint density at radius 1 is 1.28 bits per heavy atom. The molecule has 2 aliphatic rings. The molecule has 2 fully saturated rings. The van der Waals surface area contributed by atoms with Crippen molar-refractivity contribution < 1.29 is 5.11 Å². The van der Waals surface area contributed by atoms with E-state index in [1.165, 1.54) is 10.3 Å². The topological polar surface area (TPSA) is 64.5 Å². The second kappa shape index (κ2) is 7.15. The number of aryl methyl sites for hydroxylation is 1. The third-order valence-corrected chi connectivity index (χ3v) is 6.56. The van der Waals surface area contributed by atoms with Gasteiger partial charge in [-0.25, -0.2) is 9.97 Å². The number of fused-ring (bicyclic) bond motifs is 1. The standard InChI is InChI=1S/C18H27N5OS/c1-12-7-16-17(19-11-20-18(16)25-12)23-5-3-13(4-6-23)21-14-8-15(10-24)22(2)9-14/h7,11,13-15,21,24H,3-6,8-10H2,1-2H3/t14-,15+/m1/s1. The number of thiophene rings is 1. The number of nitrogens with zero attached hydrogens (tertiary/aromatic N) is 4. The summed E-state index contributed by atoms with van der Waals surface area (Å²) < 4.78 is 0. The van der Waals surface area contributed by atoms with Gasteiger partial charge in [-0.05, 0) is 39.3 Å². The van der Waals surface area contributed by atoms with Gasteiger partial charge in [0.05, 0.1) is 12.0 Å². The molecule has 7 heteroatoms. The lowest BCUT2D eigenvalue weighted by atomic mass is 10.0. The van der Waals surface area contributed by atoms with Crippen LogP contribution < -0.4 is 10.2 Å². The van der Waals surface area contributed by atoms with E-state index in [4.69, 9.17) is 0 Å². The summed E-state index contributed by atoms with van der Waals surface area (Å²) in [6.45, 7) is 5.49. The molecule has 0 radical (unpaired) electrons. The summed E-state index contributed by atoms with van der Waals surface area (Å²) in [7, 11) is 2.11. The smallest absolute Gasteiger partial charge is 0.140 e. The highest BCUT2D eigenvalue weighted by molar-refractivity contribution is 7.18. The van der Waals surface area contributed by atoms with Crippen molar-refractivity contribution in [2.24, 2.45) is 0 Å². The lowest BCUT2D eigenvalue weighted by molar-refractivity contribution is 0.182. The SMILES string of the molecule is Cc1cc2c(N3CCC(N[C@@H]4C[C@@H](CO)N(C)C4)CC3)ncnc2s1. The van der Waals surface area contributed by atoms with Gasteiger partial charge in [-0.1, -0.05) is 0 Å². The minimum atomic E-state index is 0.261. The second-order valence-corrected chi connectivity index (χ2v) is 8.64. The van der Waals surface area contributed by atoms with Gasteiger partial charge >= 0.3 is 0 Å². The molecule has 2 aromatic heterocycles. The molecule has 2 atom stereocenters. The monoisotopic (exact) mass is 361 g/mol. The maximum atomic E-state index is 9.42. The number of anilines is 1. The van der Waals surface area contributed by atoms with Gasteiger partial charge in [-0.15, -0.1) is 11.3 Å². The number of nitrogens with one attached hydrogen (secondary N) is 1. The summed E-state index contributed by atoms with van der Waals surface area (Å²) in [6.07, 6.45) is 5.02. The van der Waals surface area contributed by atoms with Gasteiger partial charge in [-0.2, -0.15) is 0 Å². The predicted octanol–water partition coefficient (Wildman–Crippen LogP) is 1.62. The van der Waals surface area contributed by atoms with Crippen LogP contribution in [-0.2, 0) is 0 Å². The van der Waals surface area contributed by atoms with Crippen LogP contribution >= 0.6 is 11.3 Å². The lowest BCUT2D eigenvalue weighted by Crippen LogP contribution is -2.47. The Bertz CT molecular complexity index is 727. The molecule has 0 unspecified atom stereocenters. The average molecular weight is 362 g/mol. The van der Waals surface area contributed by atoms with Crippen LogP contribution in [0.3, 0.4) is 0 Å². The Balaban J connectivity index is 1.37. The predicted molar refractivity (Wildman–Crippen MR) is 102 cm³/mol. The summed E-state index contributed by atoms with van der Waals surface area (Å²) in [4.78, 5) is 16.0. The Morgan fingerprint density at radius 3 is 2.80 bits per heavy atom. The fourth-order valence-corrected chi connectivity index (χ4v) is 5.06. The molecule has 4 heterocycles. The molecule has 2 N–H and O–H groups in total. The van der Waals surface area contributed by atoms with Crippen LogP contribution in [0.2, 0.25) is 0 Å². The van der Waals surface area contributed by atoms with E-state index in [0.29, 0.717) is 18.1 Å². The molecule has 0 saturated carbocycles. The molecule has 4 rings (SSSR count). The van der Waals surface area contributed by atoms with Gasteiger partial charge in [-0.3, -0.25) is 4.90 Å². The largest absolute Gasteiger partial charge is 0.395 e. The number of aliphatic hydroxyl groups excluding tert-OH is 1. The van der Waals surface area contributed by atoms with Crippen LogP contribution in [0.25, 0.3) is 10.2 Å². The summed E-state index contributed by atoms with van der Waals surface area (Å²) in [5.41, 5.74) is 0. The number of aliphatic hydroxyl groups is 1. The van der Waals surface area contributed by atoms with Crippen molar-refractivity contribution in [3.05, 3.63) is 17.3 Å². The molecule has 2 saturated heterocycles. The van der Waals surface area contributed by atoms with Gasteiger partial charge in [0.2, 0.25) is 0 Å². The van der Waals surface area contributed by atoms with E-state index >= 15 is 0 Å². The fourth-order valence-electron chi connectivity index (χ4n) is 4.22. The van der Waals surface area contributed by atoms with Crippen molar-refractivity contribution in [2.45, 2.75) is 44.3 Å². The molecule has 0 aliphatic carbocycles. The Kier molecular flexibility index (Phi) is 4.90. The second-order valence-electron chi connectivity index (χ2n) is 7.41. The summed E-state index contributed by atoms with van der Waals surface area (Å²) >= 11 is 1.74. The summed E-state index contributed by atoms with van der Waals surface area (Å²) in [5, 5.41) is 14.4. The molecular weight excluding hydrogens is 334 g/mol. The van der Waals surface area contributed by atoms with E-state index in [0.717, 1.165) is 49.5 Å². The van der Waals surface area contributed by atoms with E-state index in [-0.39, 0.29) is 6.61 Å². The van der Waals surface area contributed by atoms with Crippen molar-refractivity contribution in [1.82, 2.24) is 20.2 Å². The highest BCUT2D eigenvalue weighted by Crippen LogP contribution is 2.31. The Morgan fingerprint density at radius 2 is 2.08 bits per heavy atom. The third kappa shape index (κ3) is 3.51. The molecule has 2 aliphatic heterocycles. The molecular formula is C18H27N5OS. The van der Waals surface area contributed by atoms with Crippen molar-refractivity contribution in [1.29, 1.82) is 0 Å². The van der Waals surface area contributed by atoms with Gasteiger partial charge < -0.3 is 15.3 Å². The molecule has 25 heavy (non-hydrogen) atoms. The first-order chi connectivity index (χ1) is 12.1. The zero-order chi connectivity index (χ0) is 17.4. The minimum absolute atomic E-state index is 0.261. The van der Waals surface area contributed by atoms with Gasteiger partial charge in [0.1, 0.15) is 17.0 Å². The quantitative estimate of drug-likeness (QED) is 0.863. The molecule has 0 amide bonds. The van der Waals surface area contributed by atoms with Gasteiger partial charge in [0, 0.05) is 42.6 Å². The van der Waals surface area contributed by atoms with E-state index in [2.05, 4.69) is 45.1 Å². The van der Waals surface area contributed by atoms with Gasteiger partial charge in [0.25, 0.3) is 0 Å². The summed E-state index contributed by atoms with van der Waals surface area (Å²) in [6, 6.07) is 3.59. The highest BCUT2D eigenvalue weighted by Gasteiger charge is 2.31. The number of rotatable bonds is 4. The van der Waals surface area contributed by atoms with E-state index in [1.54, 1.807) is 17.7 Å². The molecule has 136 valence electrons. The number of likely N-dealkylation sites (N-methyl/N-ethyl adjacent to an activating group) is 1.